The summed E-state index contributed by atoms with van der Waals surface area (Å²) in [4.78, 5) is 24.2. The van der Waals surface area contributed by atoms with Crippen LogP contribution < -0.4 is 5.32 Å². The van der Waals surface area contributed by atoms with Crippen molar-refractivity contribution in [3.8, 4) is 0 Å². The Hall–Kier alpha value is -2.71. The number of methoxy groups -OCH3 is 1. The molecule has 0 unspecified atom stereocenters. The number of sulfonamides is 1. The van der Waals surface area contributed by atoms with Crippen molar-refractivity contribution in [3.05, 3.63) is 65.2 Å². The molecule has 3 rings (SSSR count). The molecule has 0 atom stereocenters. The first-order chi connectivity index (χ1) is 14.4. The van der Waals surface area contributed by atoms with E-state index >= 15 is 0 Å². The second-order valence-electron chi connectivity index (χ2n) is 7.16. The molecule has 0 radical (unpaired) electrons. The normalized spacial score (nSPS) is 14.8. The standard InChI is InChI=1S/C22H26N2O5S/c1-29-22(26)18-11-9-17(10-12-18)13-14-23-21(25)19-7-3-4-8-20(19)30(27,28)24-15-5-2-6-16-24/h3-4,7-12H,2,5-6,13-16H2,1H3,(H,23,25). The Morgan fingerprint density at radius 1 is 1.00 bits per heavy atom. The number of nitrogens with zero attached hydrogens (tertiary/aromatic N) is 1. The highest BCUT2D eigenvalue weighted by Crippen LogP contribution is 2.23. The van der Waals surface area contributed by atoms with Crippen LogP contribution in [0.15, 0.2) is 53.4 Å². The highest BCUT2D eigenvalue weighted by molar-refractivity contribution is 7.89. The van der Waals surface area contributed by atoms with E-state index in [2.05, 4.69) is 10.1 Å². The zero-order chi connectivity index (χ0) is 21.6. The molecule has 1 heterocycles. The second kappa shape index (κ2) is 9.86. The van der Waals surface area contributed by atoms with E-state index in [1.165, 1.54) is 23.5 Å². The Morgan fingerprint density at radius 3 is 2.33 bits per heavy atom. The molecule has 0 bridgehead atoms. The third-order valence-corrected chi connectivity index (χ3v) is 7.10. The minimum atomic E-state index is -3.70. The van der Waals surface area contributed by atoms with Crippen molar-refractivity contribution in [2.45, 2.75) is 30.6 Å². The van der Waals surface area contributed by atoms with E-state index in [9.17, 15) is 18.0 Å². The summed E-state index contributed by atoms with van der Waals surface area (Å²) in [6.45, 7) is 1.31. The lowest BCUT2D eigenvalue weighted by Gasteiger charge is -2.26. The molecule has 160 valence electrons. The molecule has 30 heavy (non-hydrogen) atoms. The van der Waals surface area contributed by atoms with Crippen molar-refractivity contribution >= 4 is 21.9 Å². The van der Waals surface area contributed by atoms with Crippen LogP contribution in [0.3, 0.4) is 0 Å². The molecule has 2 aromatic rings. The fourth-order valence-electron chi connectivity index (χ4n) is 3.46. The zero-order valence-corrected chi connectivity index (χ0v) is 17.8. The number of hydrogen-bond donors (Lipinski definition) is 1. The maximum Gasteiger partial charge on any atom is 0.337 e. The molecule has 1 saturated heterocycles. The number of hydrogen-bond acceptors (Lipinski definition) is 5. The number of esters is 1. The van der Waals surface area contributed by atoms with Gasteiger partial charge in [0.1, 0.15) is 0 Å². The molecule has 0 saturated carbocycles. The molecule has 2 aromatic carbocycles. The third kappa shape index (κ3) is 5.06. The topological polar surface area (TPSA) is 92.8 Å². The van der Waals surface area contributed by atoms with Crippen LogP contribution in [0.1, 0.15) is 45.5 Å². The fourth-order valence-corrected chi connectivity index (χ4v) is 5.17. The Morgan fingerprint density at radius 2 is 1.67 bits per heavy atom. The summed E-state index contributed by atoms with van der Waals surface area (Å²) in [5, 5.41) is 2.80. The highest BCUT2D eigenvalue weighted by atomic mass is 32.2. The Labute approximate surface area is 177 Å². The molecule has 1 amide bonds. The lowest BCUT2D eigenvalue weighted by atomic mass is 10.1. The van der Waals surface area contributed by atoms with Crippen molar-refractivity contribution in [1.29, 1.82) is 0 Å². The smallest absolute Gasteiger partial charge is 0.337 e. The lowest BCUT2D eigenvalue weighted by Crippen LogP contribution is -2.37. The largest absolute Gasteiger partial charge is 0.465 e. The number of ether oxygens (including phenoxy) is 1. The van der Waals surface area contributed by atoms with Crippen molar-refractivity contribution in [2.24, 2.45) is 0 Å². The minimum absolute atomic E-state index is 0.0480. The second-order valence-corrected chi connectivity index (χ2v) is 9.06. The van der Waals surface area contributed by atoms with E-state index in [0.717, 1.165) is 24.8 Å². The number of nitrogens with one attached hydrogen (secondary N) is 1. The van der Waals surface area contributed by atoms with Crippen molar-refractivity contribution in [1.82, 2.24) is 9.62 Å². The number of piperidine rings is 1. The van der Waals surface area contributed by atoms with Crippen LogP contribution in [0, 0.1) is 0 Å². The van der Waals surface area contributed by atoms with E-state index in [4.69, 9.17) is 0 Å². The number of benzene rings is 2. The van der Waals surface area contributed by atoms with Gasteiger partial charge in [-0.05, 0) is 49.1 Å². The molecule has 8 heteroatoms. The van der Waals surface area contributed by atoms with E-state index in [-0.39, 0.29) is 10.5 Å². The van der Waals surface area contributed by atoms with E-state index in [1.807, 2.05) is 0 Å². The van der Waals surface area contributed by atoms with E-state index in [1.54, 1.807) is 36.4 Å². The molecule has 0 spiro atoms. The molecule has 1 N–H and O–H groups in total. The van der Waals surface area contributed by atoms with Crippen molar-refractivity contribution < 1.29 is 22.7 Å². The molecule has 1 aliphatic heterocycles. The molecular formula is C22H26N2O5S. The van der Waals surface area contributed by atoms with Gasteiger partial charge >= 0.3 is 5.97 Å². The molecule has 0 aromatic heterocycles. The SMILES string of the molecule is COC(=O)c1ccc(CCNC(=O)c2ccccc2S(=O)(=O)N2CCCCC2)cc1. The third-order valence-electron chi connectivity index (χ3n) is 5.14. The van der Waals surface area contributed by atoms with Gasteiger partial charge in [-0.25, -0.2) is 13.2 Å². The number of carbonyl (C=O) groups excluding carboxylic acids is 2. The molecule has 1 fully saturated rings. The minimum Gasteiger partial charge on any atom is -0.465 e. The predicted octanol–water partition coefficient (Wildman–Crippen LogP) is 2.62. The van der Waals surface area contributed by atoms with Gasteiger partial charge in [0, 0.05) is 19.6 Å². The predicted molar refractivity (Wildman–Crippen MR) is 113 cm³/mol. The summed E-state index contributed by atoms with van der Waals surface area (Å²) in [7, 11) is -2.37. The Balaban J connectivity index is 1.65. The van der Waals surface area contributed by atoms with Crippen molar-refractivity contribution in [2.75, 3.05) is 26.7 Å². The first kappa shape index (κ1) is 22.0. The summed E-state index contributed by atoms with van der Waals surface area (Å²) in [6, 6.07) is 13.3. The first-order valence-electron chi connectivity index (χ1n) is 9.98. The average Bonchev–Trinajstić information content (AvgIpc) is 2.79. The maximum absolute atomic E-state index is 13.0. The number of amides is 1. The Bertz CT molecular complexity index is 996. The van der Waals surface area contributed by atoms with Crippen LogP contribution in [-0.4, -0.2) is 51.3 Å². The van der Waals surface area contributed by atoms with Gasteiger partial charge in [0.05, 0.1) is 23.1 Å². The van der Waals surface area contributed by atoms with Crippen molar-refractivity contribution in [3.63, 3.8) is 0 Å². The van der Waals surface area contributed by atoms with Gasteiger partial charge in [0.2, 0.25) is 10.0 Å². The maximum atomic E-state index is 13.0. The lowest BCUT2D eigenvalue weighted by molar-refractivity contribution is 0.0600. The first-order valence-corrected chi connectivity index (χ1v) is 11.4. The summed E-state index contributed by atoms with van der Waals surface area (Å²) in [6.07, 6.45) is 3.24. The number of carbonyl (C=O) groups is 2. The Kier molecular flexibility index (Phi) is 7.23. The van der Waals surface area contributed by atoms with Gasteiger partial charge < -0.3 is 10.1 Å². The van der Waals surface area contributed by atoms with Gasteiger partial charge in [-0.2, -0.15) is 4.31 Å². The number of rotatable bonds is 7. The van der Waals surface area contributed by atoms with E-state index in [0.29, 0.717) is 31.6 Å². The molecular weight excluding hydrogens is 404 g/mol. The highest BCUT2D eigenvalue weighted by Gasteiger charge is 2.29. The van der Waals surface area contributed by atoms with Gasteiger partial charge in [-0.15, -0.1) is 0 Å². The van der Waals surface area contributed by atoms with Crippen LogP contribution in [0.2, 0.25) is 0 Å². The van der Waals surface area contributed by atoms with Crippen LogP contribution in [-0.2, 0) is 21.2 Å². The zero-order valence-electron chi connectivity index (χ0n) is 17.0. The average molecular weight is 431 g/mol. The van der Waals surface area contributed by atoms with Crippen LogP contribution >= 0.6 is 0 Å². The quantitative estimate of drug-likeness (QED) is 0.682. The van der Waals surface area contributed by atoms with Crippen LogP contribution in [0.5, 0.6) is 0 Å². The van der Waals surface area contributed by atoms with Crippen LogP contribution in [0.4, 0.5) is 0 Å². The van der Waals surface area contributed by atoms with Gasteiger partial charge in [-0.1, -0.05) is 30.7 Å². The van der Waals surface area contributed by atoms with Gasteiger partial charge in [0.15, 0.2) is 0 Å². The van der Waals surface area contributed by atoms with Gasteiger partial charge in [-0.3, -0.25) is 4.79 Å². The molecule has 0 aliphatic carbocycles. The van der Waals surface area contributed by atoms with Gasteiger partial charge in [0.25, 0.3) is 5.91 Å². The summed E-state index contributed by atoms with van der Waals surface area (Å²) >= 11 is 0. The van der Waals surface area contributed by atoms with Crippen LogP contribution in [0.25, 0.3) is 0 Å². The summed E-state index contributed by atoms with van der Waals surface area (Å²) < 4.78 is 32.2. The summed E-state index contributed by atoms with van der Waals surface area (Å²) in [5.74, 6) is -0.821. The van der Waals surface area contributed by atoms with E-state index < -0.39 is 21.9 Å². The summed E-state index contributed by atoms with van der Waals surface area (Å²) in [5.41, 5.74) is 1.56. The monoisotopic (exact) mass is 430 g/mol. The fraction of sp³-hybridized carbons (Fsp3) is 0.364. The molecule has 1 aliphatic rings. The molecule has 7 nitrogen and oxygen atoms in total.